The van der Waals surface area contributed by atoms with Gasteiger partial charge in [0.05, 0.1) is 18.8 Å². The molecule has 0 saturated carbocycles. The van der Waals surface area contributed by atoms with Crippen LogP contribution in [0.15, 0.2) is 24.3 Å². The molecule has 118 valence electrons. The van der Waals surface area contributed by atoms with E-state index in [-0.39, 0.29) is 5.60 Å². The summed E-state index contributed by atoms with van der Waals surface area (Å²) in [4.78, 5) is 2.37. The van der Waals surface area contributed by atoms with E-state index in [4.69, 9.17) is 15.2 Å². The van der Waals surface area contributed by atoms with Crippen LogP contribution in [0.2, 0.25) is 0 Å². The predicted octanol–water partition coefficient (Wildman–Crippen LogP) is 2.81. The highest BCUT2D eigenvalue weighted by atomic mass is 16.5. The molecule has 1 aromatic rings. The maximum atomic E-state index is 6.13. The molecule has 1 aromatic carbocycles. The standard InChI is InChI=1S/C17H28N2O2/c1-17(2)10-9-16(21-17)13-19(12-4-11-18)14-5-7-15(20-3)8-6-14/h5-8,16H,4,9-13,18H2,1-3H3. The Morgan fingerprint density at radius 3 is 2.57 bits per heavy atom. The minimum atomic E-state index is 0.0180. The van der Waals surface area contributed by atoms with Gasteiger partial charge in [0.2, 0.25) is 0 Å². The lowest BCUT2D eigenvalue weighted by atomic mass is 10.1. The molecule has 0 bridgehead atoms. The van der Waals surface area contributed by atoms with E-state index in [1.54, 1.807) is 7.11 Å². The Hall–Kier alpha value is -1.26. The van der Waals surface area contributed by atoms with E-state index in [9.17, 15) is 0 Å². The molecular weight excluding hydrogens is 264 g/mol. The van der Waals surface area contributed by atoms with Gasteiger partial charge in [0.15, 0.2) is 0 Å². The van der Waals surface area contributed by atoms with Crippen LogP contribution in [0.5, 0.6) is 5.75 Å². The molecule has 2 N–H and O–H groups in total. The Kier molecular flexibility index (Phi) is 5.48. The molecule has 1 aliphatic heterocycles. The average Bonchev–Trinajstić information content (AvgIpc) is 2.82. The third kappa shape index (κ3) is 4.61. The number of nitrogens with zero attached hydrogens (tertiary/aromatic N) is 1. The summed E-state index contributed by atoms with van der Waals surface area (Å²) in [6.07, 6.45) is 3.55. The number of hydrogen-bond donors (Lipinski definition) is 1. The van der Waals surface area contributed by atoms with Crippen molar-refractivity contribution < 1.29 is 9.47 Å². The summed E-state index contributed by atoms with van der Waals surface area (Å²) in [5.74, 6) is 0.885. The Bertz CT molecular complexity index is 431. The number of benzene rings is 1. The first-order valence-corrected chi connectivity index (χ1v) is 7.81. The van der Waals surface area contributed by atoms with Crippen LogP contribution < -0.4 is 15.4 Å². The second kappa shape index (κ2) is 7.14. The van der Waals surface area contributed by atoms with Crippen molar-refractivity contribution in [3.8, 4) is 5.75 Å². The monoisotopic (exact) mass is 292 g/mol. The number of hydrogen-bond acceptors (Lipinski definition) is 4. The van der Waals surface area contributed by atoms with Crippen LogP contribution in [0, 0.1) is 0 Å². The Morgan fingerprint density at radius 1 is 1.33 bits per heavy atom. The van der Waals surface area contributed by atoms with Crippen molar-refractivity contribution in [2.24, 2.45) is 5.73 Å². The van der Waals surface area contributed by atoms with Crippen molar-refractivity contribution in [3.63, 3.8) is 0 Å². The predicted molar refractivity (Wildman–Crippen MR) is 87.1 cm³/mol. The summed E-state index contributed by atoms with van der Waals surface area (Å²) < 4.78 is 11.4. The SMILES string of the molecule is COc1ccc(N(CCCN)CC2CCC(C)(C)O2)cc1. The highest BCUT2D eigenvalue weighted by molar-refractivity contribution is 5.49. The lowest BCUT2D eigenvalue weighted by Gasteiger charge is -2.29. The summed E-state index contributed by atoms with van der Waals surface area (Å²) in [7, 11) is 1.69. The molecule has 4 nitrogen and oxygen atoms in total. The summed E-state index contributed by atoms with van der Waals surface area (Å²) in [6.45, 7) is 6.94. The third-order valence-corrected chi connectivity index (χ3v) is 4.05. The van der Waals surface area contributed by atoms with Crippen molar-refractivity contribution in [3.05, 3.63) is 24.3 Å². The first-order valence-electron chi connectivity index (χ1n) is 7.81. The van der Waals surface area contributed by atoms with Gasteiger partial charge in [-0.2, -0.15) is 0 Å². The summed E-state index contributed by atoms with van der Waals surface area (Å²) in [5, 5.41) is 0. The van der Waals surface area contributed by atoms with E-state index in [0.717, 1.165) is 38.1 Å². The molecule has 0 aliphatic carbocycles. The van der Waals surface area contributed by atoms with Gasteiger partial charge in [0, 0.05) is 18.8 Å². The second-order valence-electron chi connectivity index (χ2n) is 6.32. The average molecular weight is 292 g/mol. The van der Waals surface area contributed by atoms with Gasteiger partial charge in [0.25, 0.3) is 0 Å². The van der Waals surface area contributed by atoms with E-state index in [1.807, 2.05) is 12.1 Å². The van der Waals surface area contributed by atoms with Crippen LogP contribution in [0.3, 0.4) is 0 Å². The molecule has 0 spiro atoms. The summed E-state index contributed by atoms with van der Waals surface area (Å²) in [6, 6.07) is 8.22. The van der Waals surface area contributed by atoms with Crippen molar-refractivity contribution in [2.75, 3.05) is 31.6 Å². The van der Waals surface area contributed by atoms with Gasteiger partial charge in [0.1, 0.15) is 5.75 Å². The fourth-order valence-electron chi connectivity index (χ4n) is 2.85. The topological polar surface area (TPSA) is 47.7 Å². The molecule has 1 saturated heterocycles. The van der Waals surface area contributed by atoms with Gasteiger partial charge in [-0.15, -0.1) is 0 Å². The summed E-state index contributed by atoms with van der Waals surface area (Å²) >= 11 is 0. The number of methoxy groups -OCH3 is 1. The van der Waals surface area contributed by atoms with Crippen molar-refractivity contribution >= 4 is 5.69 Å². The zero-order chi connectivity index (χ0) is 15.3. The fraction of sp³-hybridized carbons (Fsp3) is 0.647. The van der Waals surface area contributed by atoms with Crippen molar-refractivity contribution in [1.82, 2.24) is 0 Å². The molecule has 1 atom stereocenters. The van der Waals surface area contributed by atoms with Crippen LogP contribution >= 0.6 is 0 Å². The zero-order valence-corrected chi connectivity index (χ0v) is 13.5. The van der Waals surface area contributed by atoms with Crippen LogP contribution in [-0.2, 0) is 4.74 Å². The minimum absolute atomic E-state index is 0.0180. The lowest BCUT2D eigenvalue weighted by Crippen LogP contribution is -2.35. The van der Waals surface area contributed by atoms with Gasteiger partial charge in [-0.05, 0) is 63.9 Å². The third-order valence-electron chi connectivity index (χ3n) is 4.05. The first-order chi connectivity index (χ1) is 10.0. The normalized spacial score (nSPS) is 20.5. The largest absolute Gasteiger partial charge is 0.497 e. The number of anilines is 1. The molecule has 4 heteroatoms. The maximum Gasteiger partial charge on any atom is 0.119 e. The molecular formula is C17H28N2O2. The molecule has 0 radical (unpaired) electrons. The van der Waals surface area contributed by atoms with Crippen LogP contribution in [0.4, 0.5) is 5.69 Å². The molecule has 1 fully saturated rings. The number of nitrogens with two attached hydrogens (primary N) is 1. The van der Waals surface area contributed by atoms with E-state index in [1.165, 1.54) is 5.69 Å². The van der Waals surface area contributed by atoms with Gasteiger partial charge >= 0.3 is 0 Å². The molecule has 1 unspecified atom stereocenters. The van der Waals surface area contributed by atoms with Crippen molar-refractivity contribution in [1.29, 1.82) is 0 Å². The highest BCUT2D eigenvalue weighted by Gasteiger charge is 2.32. The van der Waals surface area contributed by atoms with E-state index < -0.39 is 0 Å². The second-order valence-corrected chi connectivity index (χ2v) is 6.32. The quantitative estimate of drug-likeness (QED) is 0.839. The van der Waals surface area contributed by atoms with Gasteiger partial charge in [-0.25, -0.2) is 0 Å². The van der Waals surface area contributed by atoms with Gasteiger partial charge < -0.3 is 20.1 Å². The zero-order valence-electron chi connectivity index (χ0n) is 13.5. The Morgan fingerprint density at radius 2 is 2.05 bits per heavy atom. The lowest BCUT2D eigenvalue weighted by molar-refractivity contribution is -0.0115. The van der Waals surface area contributed by atoms with Gasteiger partial charge in [-0.1, -0.05) is 0 Å². The van der Waals surface area contributed by atoms with E-state index in [2.05, 4.69) is 30.9 Å². The molecule has 2 rings (SSSR count). The van der Waals surface area contributed by atoms with Crippen molar-refractivity contribution in [2.45, 2.75) is 44.8 Å². The van der Waals surface area contributed by atoms with E-state index in [0.29, 0.717) is 12.6 Å². The molecule has 0 amide bonds. The van der Waals surface area contributed by atoms with Crippen LogP contribution in [0.25, 0.3) is 0 Å². The summed E-state index contributed by atoms with van der Waals surface area (Å²) in [5.41, 5.74) is 6.90. The molecule has 21 heavy (non-hydrogen) atoms. The number of ether oxygens (including phenoxy) is 2. The smallest absolute Gasteiger partial charge is 0.119 e. The molecule has 0 aromatic heterocycles. The molecule has 1 heterocycles. The highest BCUT2D eigenvalue weighted by Crippen LogP contribution is 2.31. The minimum Gasteiger partial charge on any atom is -0.497 e. The Balaban J connectivity index is 2.03. The maximum absolute atomic E-state index is 6.13. The fourth-order valence-corrected chi connectivity index (χ4v) is 2.85. The van der Waals surface area contributed by atoms with Crippen LogP contribution in [-0.4, -0.2) is 38.4 Å². The van der Waals surface area contributed by atoms with Gasteiger partial charge in [-0.3, -0.25) is 0 Å². The van der Waals surface area contributed by atoms with E-state index >= 15 is 0 Å². The first kappa shape index (κ1) is 16.1. The number of rotatable bonds is 7. The Labute approximate surface area is 128 Å². The van der Waals surface area contributed by atoms with Crippen LogP contribution in [0.1, 0.15) is 33.1 Å². The molecule has 1 aliphatic rings.